The first kappa shape index (κ1) is 15.0. The van der Waals surface area contributed by atoms with Crippen LogP contribution in [0.1, 0.15) is 65.8 Å². The average Bonchev–Trinajstić information content (AvgIpc) is 3.37. The van der Waals surface area contributed by atoms with Crippen molar-refractivity contribution in [2.45, 2.75) is 51.0 Å². The number of carboxylic acid groups (broad SMARTS) is 1. The van der Waals surface area contributed by atoms with Crippen molar-refractivity contribution in [3.63, 3.8) is 0 Å². The maximum atomic E-state index is 12.9. The van der Waals surface area contributed by atoms with Crippen molar-refractivity contribution in [1.82, 2.24) is 9.88 Å². The zero-order valence-electron chi connectivity index (χ0n) is 12.7. The van der Waals surface area contributed by atoms with Crippen molar-refractivity contribution in [2.24, 2.45) is 5.92 Å². The molecule has 0 saturated heterocycles. The highest BCUT2D eigenvalue weighted by atomic mass is 16.4. The average molecular weight is 302 g/mol. The maximum Gasteiger partial charge on any atom is 0.354 e. The topological polar surface area (TPSA) is 70.5 Å². The summed E-state index contributed by atoms with van der Waals surface area (Å²) in [7, 11) is 0. The zero-order valence-corrected chi connectivity index (χ0v) is 12.7. The molecular formula is C17H22N2O3. The monoisotopic (exact) mass is 302 g/mol. The summed E-state index contributed by atoms with van der Waals surface area (Å²) in [5, 5.41) is 9.05. The predicted molar refractivity (Wildman–Crippen MR) is 81.8 cm³/mol. The number of aromatic nitrogens is 1. The Morgan fingerprint density at radius 1 is 1.18 bits per heavy atom. The minimum absolute atomic E-state index is 0.0382. The molecule has 0 aromatic carbocycles. The van der Waals surface area contributed by atoms with Gasteiger partial charge < -0.3 is 10.0 Å². The lowest BCUT2D eigenvalue weighted by Gasteiger charge is -2.34. The first-order valence-electron chi connectivity index (χ1n) is 8.15. The van der Waals surface area contributed by atoms with Crippen LogP contribution >= 0.6 is 0 Å². The Bertz CT molecular complexity index is 563. The van der Waals surface area contributed by atoms with Crippen LogP contribution < -0.4 is 0 Å². The van der Waals surface area contributed by atoms with Crippen molar-refractivity contribution < 1.29 is 14.7 Å². The van der Waals surface area contributed by atoms with Gasteiger partial charge in [-0.15, -0.1) is 0 Å². The molecule has 1 aromatic heterocycles. The SMILES string of the molecule is O=C(O)c1cc(C(=O)N(CC2CC2)C2CCCCC2)ccn1. The van der Waals surface area contributed by atoms with Crippen LogP contribution in [0.3, 0.4) is 0 Å². The fourth-order valence-electron chi connectivity index (χ4n) is 3.22. The van der Waals surface area contributed by atoms with Gasteiger partial charge in [0.15, 0.2) is 0 Å². The third-order valence-corrected chi connectivity index (χ3v) is 4.65. The largest absolute Gasteiger partial charge is 0.477 e. The van der Waals surface area contributed by atoms with Crippen LogP contribution in [0, 0.1) is 5.92 Å². The van der Waals surface area contributed by atoms with E-state index in [0.29, 0.717) is 17.5 Å². The summed E-state index contributed by atoms with van der Waals surface area (Å²) in [6.07, 6.45) is 9.55. The van der Waals surface area contributed by atoms with Crippen LogP contribution in [0.5, 0.6) is 0 Å². The molecule has 2 saturated carbocycles. The van der Waals surface area contributed by atoms with E-state index in [1.54, 1.807) is 6.07 Å². The smallest absolute Gasteiger partial charge is 0.354 e. The molecule has 2 aliphatic carbocycles. The van der Waals surface area contributed by atoms with Gasteiger partial charge in [-0.3, -0.25) is 4.79 Å². The number of carbonyl (C=O) groups excluding carboxylic acids is 1. The van der Waals surface area contributed by atoms with Crippen LogP contribution in [0.15, 0.2) is 18.3 Å². The number of amides is 1. The third kappa shape index (κ3) is 3.46. The van der Waals surface area contributed by atoms with Gasteiger partial charge >= 0.3 is 5.97 Å². The molecule has 0 atom stereocenters. The van der Waals surface area contributed by atoms with E-state index in [1.807, 2.05) is 4.90 Å². The molecule has 0 spiro atoms. The summed E-state index contributed by atoms with van der Waals surface area (Å²) in [5.74, 6) is -0.503. The second-order valence-electron chi connectivity index (χ2n) is 6.43. The Hall–Kier alpha value is -1.91. The molecule has 22 heavy (non-hydrogen) atoms. The van der Waals surface area contributed by atoms with E-state index in [0.717, 1.165) is 19.4 Å². The lowest BCUT2D eigenvalue weighted by molar-refractivity contribution is 0.0622. The van der Waals surface area contributed by atoms with E-state index in [2.05, 4.69) is 4.98 Å². The highest BCUT2D eigenvalue weighted by Gasteiger charge is 2.32. The number of carboxylic acids is 1. The molecule has 1 N–H and O–H groups in total. The van der Waals surface area contributed by atoms with E-state index in [9.17, 15) is 9.59 Å². The molecular weight excluding hydrogens is 280 g/mol. The van der Waals surface area contributed by atoms with Crippen LogP contribution in [0.4, 0.5) is 0 Å². The molecule has 1 aromatic rings. The van der Waals surface area contributed by atoms with Gasteiger partial charge in [-0.25, -0.2) is 9.78 Å². The molecule has 0 aliphatic heterocycles. The van der Waals surface area contributed by atoms with E-state index >= 15 is 0 Å². The predicted octanol–water partition coefficient (Wildman–Crippen LogP) is 2.96. The molecule has 3 rings (SSSR count). The van der Waals surface area contributed by atoms with Crippen LogP contribution in [-0.2, 0) is 0 Å². The van der Waals surface area contributed by atoms with E-state index in [4.69, 9.17) is 5.11 Å². The zero-order chi connectivity index (χ0) is 15.5. The van der Waals surface area contributed by atoms with Gasteiger partial charge in [0.05, 0.1) is 0 Å². The van der Waals surface area contributed by atoms with Crippen molar-refractivity contribution in [3.05, 3.63) is 29.6 Å². The Labute approximate surface area is 130 Å². The number of aromatic carboxylic acids is 1. The lowest BCUT2D eigenvalue weighted by Crippen LogP contribution is -2.42. The number of hydrogen-bond acceptors (Lipinski definition) is 3. The normalized spacial score (nSPS) is 18.9. The fraction of sp³-hybridized carbons (Fsp3) is 0.588. The molecule has 2 aliphatic rings. The van der Waals surface area contributed by atoms with Gasteiger partial charge in [-0.2, -0.15) is 0 Å². The Morgan fingerprint density at radius 3 is 2.55 bits per heavy atom. The first-order valence-corrected chi connectivity index (χ1v) is 8.15. The van der Waals surface area contributed by atoms with Gasteiger partial charge in [0, 0.05) is 24.3 Å². The third-order valence-electron chi connectivity index (χ3n) is 4.65. The van der Waals surface area contributed by atoms with Gasteiger partial charge in [0.1, 0.15) is 5.69 Å². The summed E-state index contributed by atoms with van der Waals surface area (Å²) < 4.78 is 0. The lowest BCUT2D eigenvalue weighted by atomic mass is 9.93. The van der Waals surface area contributed by atoms with Crippen LogP contribution in [-0.4, -0.2) is 39.5 Å². The van der Waals surface area contributed by atoms with E-state index < -0.39 is 5.97 Å². The molecule has 0 radical (unpaired) electrons. The van der Waals surface area contributed by atoms with Gasteiger partial charge in [0.2, 0.25) is 0 Å². The number of nitrogens with zero attached hydrogens (tertiary/aromatic N) is 2. The molecule has 0 bridgehead atoms. The highest BCUT2D eigenvalue weighted by Crippen LogP contribution is 2.33. The van der Waals surface area contributed by atoms with Crippen LogP contribution in [0.2, 0.25) is 0 Å². The van der Waals surface area contributed by atoms with Crippen molar-refractivity contribution in [3.8, 4) is 0 Å². The second-order valence-corrected chi connectivity index (χ2v) is 6.43. The molecule has 2 fully saturated rings. The molecule has 0 unspecified atom stereocenters. The molecule has 1 heterocycles. The number of carbonyl (C=O) groups is 2. The van der Waals surface area contributed by atoms with Crippen molar-refractivity contribution in [1.29, 1.82) is 0 Å². The molecule has 1 amide bonds. The van der Waals surface area contributed by atoms with Gasteiger partial charge in [-0.1, -0.05) is 19.3 Å². The van der Waals surface area contributed by atoms with Gasteiger partial charge in [-0.05, 0) is 43.7 Å². The molecule has 5 nitrogen and oxygen atoms in total. The number of rotatable bonds is 5. The standard InChI is InChI=1S/C17H22N2O3/c20-16(13-8-9-18-15(10-13)17(21)22)19(11-12-6-7-12)14-4-2-1-3-5-14/h8-10,12,14H,1-7,11H2,(H,21,22). The molecule has 5 heteroatoms. The molecule has 118 valence electrons. The van der Waals surface area contributed by atoms with Gasteiger partial charge in [0.25, 0.3) is 5.91 Å². The Morgan fingerprint density at radius 2 is 1.91 bits per heavy atom. The van der Waals surface area contributed by atoms with Crippen molar-refractivity contribution >= 4 is 11.9 Å². The maximum absolute atomic E-state index is 12.9. The minimum Gasteiger partial charge on any atom is -0.477 e. The summed E-state index contributed by atoms with van der Waals surface area (Å²) in [6, 6.07) is 3.33. The second kappa shape index (κ2) is 6.46. The first-order chi connectivity index (χ1) is 10.6. The van der Waals surface area contributed by atoms with Crippen molar-refractivity contribution in [2.75, 3.05) is 6.54 Å². The Kier molecular flexibility index (Phi) is 4.41. The highest BCUT2D eigenvalue weighted by molar-refractivity contribution is 5.96. The fourth-order valence-corrected chi connectivity index (χ4v) is 3.22. The summed E-state index contributed by atoms with van der Waals surface area (Å²) in [5.41, 5.74) is 0.375. The van der Waals surface area contributed by atoms with Crippen LogP contribution in [0.25, 0.3) is 0 Å². The number of pyridine rings is 1. The Balaban J connectivity index is 1.81. The summed E-state index contributed by atoms with van der Waals surface area (Å²) in [6.45, 7) is 0.814. The summed E-state index contributed by atoms with van der Waals surface area (Å²) in [4.78, 5) is 29.7. The van der Waals surface area contributed by atoms with E-state index in [1.165, 1.54) is 44.4 Å². The summed E-state index contributed by atoms with van der Waals surface area (Å²) >= 11 is 0. The quantitative estimate of drug-likeness (QED) is 0.907. The minimum atomic E-state index is -1.10. The number of hydrogen-bond donors (Lipinski definition) is 1. The van der Waals surface area contributed by atoms with E-state index in [-0.39, 0.29) is 11.6 Å².